The smallest absolute Gasteiger partial charge is 0.252 e. The molecule has 31 heavy (non-hydrogen) atoms. The summed E-state index contributed by atoms with van der Waals surface area (Å²) in [5.74, 6) is 0.881. The van der Waals surface area contributed by atoms with Crippen LogP contribution >= 0.6 is 0 Å². The topological polar surface area (TPSA) is 92.5 Å². The largest absolute Gasteiger partial charge is 0.317 e. The molecule has 0 saturated carbocycles. The van der Waals surface area contributed by atoms with Gasteiger partial charge >= 0.3 is 0 Å². The third kappa shape index (κ3) is 3.22. The van der Waals surface area contributed by atoms with Crippen molar-refractivity contribution in [3.63, 3.8) is 0 Å². The van der Waals surface area contributed by atoms with E-state index in [1.54, 1.807) is 40.9 Å². The molecule has 0 bridgehead atoms. The zero-order chi connectivity index (χ0) is 21.6. The minimum absolute atomic E-state index is 0.0259. The number of nitrogens with zero attached hydrogens (tertiary/aromatic N) is 5. The van der Waals surface area contributed by atoms with Crippen LogP contribution in [0.2, 0.25) is 0 Å². The molecule has 8 heteroatoms. The zero-order valence-corrected chi connectivity index (χ0v) is 17.1. The van der Waals surface area contributed by atoms with Crippen LogP contribution in [0.1, 0.15) is 19.0 Å². The third-order valence-electron chi connectivity index (χ3n) is 5.47. The Labute approximate surface area is 178 Å². The predicted molar refractivity (Wildman–Crippen MR) is 118 cm³/mol. The van der Waals surface area contributed by atoms with E-state index in [0.29, 0.717) is 17.5 Å². The summed E-state index contributed by atoms with van der Waals surface area (Å²) in [7, 11) is 0. The SMILES string of the molecule is Cc1cc(NC(=O)C2(C)CC(=O)N=C3C=CC=CN32)n(-c2ccc3ccccc3n2)n1. The number of aryl methyl sites for hydroxylation is 1. The predicted octanol–water partition coefficient (Wildman–Crippen LogP) is 3.14. The summed E-state index contributed by atoms with van der Waals surface area (Å²) in [6.07, 6.45) is 7.06. The van der Waals surface area contributed by atoms with Gasteiger partial charge in [0.25, 0.3) is 11.8 Å². The van der Waals surface area contributed by atoms with Crippen molar-refractivity contribution in [2.45, 2.75) is 25.8 Å². The fraction of sp³-hybridized carbons (Fsp3) is 0.174. The Bertz CT molecular complexity index is 1320. The highest BCUT2D eigenvalue weighted by Crippen LogP contribution is 2.30. The van der Waals surface area contributed by atoms with E-state index in [2.05, 4.69) is 20.4 Å². The molecule has 5 rings (SSSR count). The van der Waals surface area contributed by atoms with Gasteiger partial charge in [0, 0.05) is 17.7 Å². The Morgan fingerprint density at radius 3 is 2.87 bits per heavy atom. The fourth-order valence-corrected chi connectivity index (χ4v) is 3.87. The average Bonchev–Trinajstić information content (AvgIpc) is 3.13. The van der Waals surface area contributed by atoms with E-state index in [1.165, 1.54) is 0 Å². The number of para-hydroxylation sites is 1. The van der Waals surface area contributed by atoms with E-state index in [4.69, 9.17) is 0 Å². The highest BCUT2D eigenvalue weighted by molar-refractivity contribution is 6.11. The molecule has 3 aromatic rings. The summed E-state index contributed by atoms with van der Waals surface area (Å²) < 4.78 is 1.61. The van der Waals surface area contributed by atoms with Crippen molar-refractivity contribution < 1.29 is 9.59 Å². The molecule has 1 aromatic carbocycles. The first-order valence-electron chi connectivity index (χ1n) is 9.94. The number of anilines is 1. The standard InChI is InChI=1S/C23H20N6O2/c1-15-13-20(29(27-15)19-11-10-16-7-3-4-8-17(16)24-19)26-22(31)23(2)14-21(30)25-18-9-5-6-12-28(18)23/h3-13H,14H2,1-2H3,(H,26,31). The molecule has 0 spiro atoms. The first-order chi connectivity index (χ1) is 14.9. The number of fused-ring (bicyclic) bond motifs is 2. The van der Waals surface area contributed by atoms with E-state index in [9.17, 15) is 9.59 Å². The number of hydrogen-bond donors (Lipinski definition) is 1. The van der Waals surface area contributed by atoms with E-state index >= 15 is 0 Å². The lowest BCUT2D eigenvalue weighted by Crippen LogP contribution is -2.58. The number of amides is 2. The maximum atomic E-state index is 13.4. The van der Waals surface area contributed by atoms with Crippen LogP contribution in [0.3, 0.4) is 0 Å². The number of rotatable bonds is 3. The van der Waals surface area contributed by atoms with Crippen LogP contribution in [-0.4, -0.2) is 42.9 Å². The van der Waals surface area contributed by atoms with Gasteiger partial charge in [-0.2, -0.15) is 14.8 Å². The molecular formula is C23H20N6O2. The minimum atomic E-state index is -1.12. The lowest BCUT2D eigenvalue weighted by molar-refractivity contribution is -0.130. The number of benzene rings is 1. The summed E-state index contributed by atoms with van der Waals surface area (Å²) in [4.78, 5) is 36.1. The normalized spacial score (nSPS) is 20.0. The first kappa shape index (κ1) is 18.9. The van der Waals surface area contributed by atoms with Gasteiger partial charge in [-0.3, -0.25) is 9.59 Å². The summed E-state index contributed by atoms with van der Waals surface area (Å²) in [6, 6.07) is 13.4. The molecule has 1 atom stereocenters. The van der Waals surface area contributed by atoms with Crippen LogP contribution in [0, 0.1) is 6.92 Å². The maximum Gasteiger partial charge on any atom is 0.252 e. The maximum absolute atomic E-state index is 13.4. The number of aliphatic imine (C=N–C) groups is 1. The average molecular weight is 412 g/mol. The van der Waals surface area contributed by atoms with Gasteiger partial charge in [-0.25, -0.2) is 4.98 Å². The Hall–Kier alpha value is -4.07. The summed E-state index contributed by atoms with van der Waals surface area (Å²) in [6.45, 7) is 3.59. The molecule has 154 valence electrons. The van der Waals surface area contributed by atoms with E-state index in [0.717, 1.165) is 16.6 Å². The van der Waals surface area contributed by atoms with Crippen LogP contribution in [0.15, 0.2) is 71.9 Å². The fourth-order valence-electron chi connectivity index (χ4n) is 3.87. The number of allylic oxidation sites excluding steroid dienone is 2. The molecule has 0 aliphatic carbocycles. The second-order valence-electron chi connectivity index (χ2n) is 7.78. The summed E-state index contributed by atoms with van der Waals surface area (Å²) in [5, 5.41) is 8.49. The van der Waals surface area contributed by atoms with Gasteiger partial charge in [-0.05, 0) is 44.2 Å². The number of nitrogens with one attached hydrogen (secondary N) is 1. The lowest BCUT2D eigenvalue weighted by Gasteiger charge is -2.41. The van der Waals surface area contributed by atoms with E-state index in [-0.39, 0.29) is 18.2 Å². The molecule has 0 saturated heterocycles. The summed E-state index contributed by atoms with van der Waals surface area (Å²) in [5.41, 5.74) is 0.453. The van der Waals surface area contributed by atoms with Gasteiger partial charge in [0.1, 0.15) is 17.2 Å². The van der Waals surface area contributed by atoms with Crippen molar-refractivity contribution in [1.82, 2.24) is 19.7 Å². The molecule has 2 amide bonds. The van der Waals surface area contributed by atoms with Gasteiger partial charge in [0.05, 0.1) is 17.6 Å². The molecule has 8 nitrogen and oxygen atoms in total. The van der Waals surface area contributed by atoms with Crippen LogP contribution in [-0.2, 0) is 9.59 Å². The lowest BCUT2D eigenvalue weighted by atomic mass is 9.91. The Kier molecular flexibility index (Phi) is 4.28. The Morgan fingerprint density at radius 1 is 1.16 bits per heavy atom. The Balaban J connectivity index is 1.50. The number of aromatic nitrogens is 3. The second-order valence-corrected chi connectivity index (χ2v) is 7.78. The molecule has 4 heterocycles. The van der Waals surface area contributed by atoms with Crippen LogP contribution < -0.4 is 5.32 Å². The van der Waals surface area contributed by atoms with Crippen LogP contribution in [0.25, 0.3) is 16.7 Å². The van der Waals surface area contributed by atoms with Gasteiger partial charge in [0.15, 0.2) is 5.82 Å². The van der Waals surface area contributed by atoms with Crippen molar-refractivity contribution in [2.24, 2.45) is 4.99 Å². The number of pyridine rings is 1. The quantitative estimate of drug-likeness (QED) is 0.713. The van der Waals surface area contributed by atoms with Crippen LogP contribution in [0.5, 0.6) is 0 Å². The van der Waals surface area contributed by atoms with Crippen molar-refractivity contribution in [3.05, 3.63) is 72.6 Å². The van der Waals surface area contributed by atoms with E-state index < -0.39 is 5.54 Å². The molecule has 1 N–H and O–H groups in total. The van der Waals surface area contributed by atoms with Gasteiger partial charge in [-0.15, -0.1) is 0 Å². The molecule has 0 fully saturated rings. The minimum Gasteiger partial charge on any atom is -0.317 e. The molecule has 0 radical (unpaired) electrons. The molecule has 2 aliphatic heterocycles. The highest BCUT2D eigenvalue weighted by Gasteiger charge is 2.45. The Morgan fingerprint density at radius 2 is 2.00 bits per heavy atom. The zero-order valence-electron chi connectivity index (χ0n) is 17.1. The van der Waals surface area contributed by atoms with Crippen molar-refractivity contribution in [3.8, 4) is 5.82 Å². The number of hydrogen-bond acceptors (Lipinski definition) is 5. The van der Waals surface area contributed by atoms with Gasteiger partial charge in [0.2, 0.25) is 0 Å². The third-order valence-corrected chi connectivity index (χ3v) is 5.47. The van der Waals surface area contributed by atoms with Gasteiger partial charge < -0.3 is 10.2 Å². The van der Waals surface area contributed by atoms with Crippen molar-refractivity contribution in [1.29, 1.82) is 0 Å². The second kappa shape index (κ2) is 7.02. The van der Waals surface area contributed by atoms with Gasteiger partial charge in [-0.1, -0.05) is 24.3 Å². The molecule has 2 aliphatic rings. The van der Waals surface area contributed by atoms with Crippen molar-refractivity contribution in [2.75, 3.05) is 5.32 Å². The highest BCUT2D eigenvalue weighted by atomic mass is 16.2. The molecular weight excluding hydrogens is 392 g/mol. The molecule has 2 aromatic heterocycles. The number of carbonyl (C=O) groups is 2. The number of amidine groups is 1. The van der Waals surface area contributed by atoms with Crippen LogP contribution in [0.4, 0.5) is 5.82 Å². The molecule has 1 unspecified atom stereocenters. The number of carbonyl (C=O) groups excluding carboxylic acids is 2. The monoisotopic (exact) mass is 412 g/mol. The first-order valence-corrected chi connectivity index (χ1v) is 9.94. The van der Waals surface area contributed by atoms with E-state index in [1.807, 2.05) is 49.4 Å². The van der Waals surface area contributed by atoms with Crippen molar-refractivity contribution >= 4 is 34.4 Å². The summed E-state index contributed by atoms with van der Waals surface area (Å²) >= 11 is 0.